The highest BCUT2D eigenvalue weighted by atomic mass is 19.4. The number of halogens is 5. The van der Waals surface area contributed by atoms with Crippen LogP contribution in [0.3, 0.4) is 0 Å². The van der Waals surface area contributed by atoms with Crippen LogP contribution in [0.5, 0.6) is 5.75 Å². The number of ether oxygens (including phenoxy) is 1. The topological polar surface area (TPSA) is 39.4 Å². The third-order valence-electron chi connectivity index (χ3n) is 5.30. The molecule has 4 nitrogen and oxygen atoms in total. The zero-order chi connectivity index (χ0) is 20.8. The quantitative estimate of drug-likeness (QED) is 0.520. The van der Waals surface area contributed by atoms with Crippen molar-refractivity contribution in [3.63, 3.8) is 0 Å². The molecule has 0 amide bonds. The normalized spacial score (nSPS) is 16.1. The van der Waals surface area contributed by atoms with Crippen LogP contribution in [0.4, 0.5) is 22.0 Å². The molecule has 0 radical (unpaired) electrons. The van der Waals surface area contributed by atoms with E-state index in [1.165, 1.54) is 23.6 Å². The van der Waals surface area contributed by atoms with Crippen molar-refractivity contribution in [1.29, 1.82) is 0 Å². The molecule has 3 aromatic rings. The largest absolute Gasteiger partial charge is 0.483 e. The maximum absolute atomic E-state index is 13.9. The number of hydrogen-bond donors (Lipinski definition) is 0. The van der Waals surface area contributed by atoms with E-state index in [9.17, 15) is 22.0 Å². The summed E-state index contributed by atoms with van der Waals surface area (Å²) in [6, 6.07) is 3.92. The van der Waals surface area contributed by atoms with Gasteiger partial charge >= 0.3 is 6.18 Å². The Hall–Kier alpha value is -2.71. The third kappa shape index (κ3) is 3.77. The van der Waals surface area contributed by atoms with Gasteiger partial charge in [0.15, 0.2) is 17.2 Å². The summed E-state index contributed by atoms with van der Waals surface area (Å²) < 4.78 is 75.3. The fourth-order valence-corrected chi connectivity index (χ4v) is 3.57. The van der Waals surface area contributed by atoms with E-state index < -0.39 is 29.5 Å². The molecule has 1 aliphatic carbocycles. The van der Waals surface area contributed by atoms with Crippen molar-refractivity contribution in [3.05, 3.63) is 59.0 Å². The van der Waals surface area contributed by atoms with Gasteiger partial charge in [0.1, 0.15) is 23.3 Å². The van der Waals surface area contributed by atoms with Crippen LogP contribution in [-0.4, -0.2) is 14.6 Å². The first kappa shape index (κ1) is 19.6. The average molecular weight is 411 g/mol. The molecule has 0 N–H and O–H groups in total. The Morgan fingerprint density at radius 1 is 1.17 bits per heavy atom. The second kappa shape index (κ2) is 7.27. The fraction of sp³-hybridized carbons (Fsp3) is 0.400. The van der Waals surface area contributed by atoms with Crippen LogP contribution < -0.4 is 4.74 Å². The predicted octanol–water partition coefficient (Wildman–Crippen LogP) is 5.51. The summed E-state index contributed by atoms with van der Waals surface area (Å²) in [5, 5.41) is 7.76. The predicted molar refractivity (Wildman–Crippen MR) is 94.4 cm³/mol. The lowest BCUT2D eigenvalue weighted by molar-refractivity contribution is -0.138. The Balaban J connectivity index is 1.73. The van der Waals surface area contributed by atoms with Crippen molar-refractivity contribution in [2.24, 2.45) is 5.92 Å². The van der Waals surface area contributed by atoms with Gasteiger partial charge in [-0.2, -0.15) is 13.2 Å². The minimum absolute atomic E-state index is 0.198. The van der Waals surface area contributed by atoms with Crippen LogP contribution in [-0.2, 0) is 12.6 Å². The van der Waals surface area contributed by atoms with Crippen molar-refractivity contribution in [3.8, 4) is 5.75 Å². The Morgan fingerprint density at radius 3 is 2.55 bits per heavy atom. The number of benzene rings is 1. The SMILES string of the molecule is C[C@@H](Oc1ccc(F)cc1F)c1ccn2c(CC3CCC3)nnc2c1C(F)(F)F. The summed E-state index contributed by atoms with van der Waals surface area (Å²) in [6.07, 6.45) is -0.616. The first-order valence-electron chi connectivity index (χ1n) is 9.29. The molecule has 0 saturated heterocycles. The van der Waals surface area contributed by atoms with E-state index in [-0.39, 0.29) is 17.0 Å². The molecule has 0 spiro atoms. The summed E-state index contributed by atoms with van der Waals surface area (Å²) in [6.45, 7) is 1.37. The van der Waals surface area contributed by atoms with Gasteiger partial charge in [0.25, 0.3) is 0 Å². The lowest BCUT2D eigenvalue weighted by atomic mass is 9.83. The summed E-state index contributed by atoms with van der Waals surface area (Å²) in [5.41, 5.74) is -1.47. The molecule has 1 fully saturated rings. The molecule has 4 rings (SSSR count). The van der Waals surface area contributed by atoms with E-state index in [1.807, 2.05) is 0 Å². The minimum atomic E-state index is -4.71. The van der Waals surface area contributed by atoms with Crippen molar-refractivity contribution in [1.82, 2.24) is 14.6 Å². The van der Waals surface area contributed by atoms with Gasteiger partial charge in [-0.1, -0.05) is 19.3 Å². The zero-order valence-corrected chi connectivity index (χ0v) is 15.5. The maximum Gasteiger partial charge on any atom is 0.420 e. The lowest BCUT2D eigenvalue weighted by Gasteiger charge is -2.24. The molecule has 2 heterocycles. The Kier molecular flexibility index (Phi) is 4.92. The zero-order valence-electron chi connectivity index (χ0n) is 15.5. The monoisotopic (exact) mass is 411 g/mol. The number of alkyl halides is 3. The number of fused-ring (bicyclic) bond motifs is 1. The summed E-state index contributed by atoms with van der Waals surface area (Å²) in [5.74, 6) is -1.22. The second-order valence-corrected chi connectivity index (χ2v) is 7.29. The van der Waals surface area contributed by atoms with Gasteiger partial charge in [-0.05, 0) is 31.0 Å². The maximum atomic E-state index is 13.9. The van der Waals surface area contributed by atoms with Crippen LogP contribution in [0, 0.1) is 17.6 Å². The van der Waals surface area contributed by atoms with Crippen molar-refractivity contribution in [2.45, 2.75) is 44.9 Å². The molecular formula is C20H18F5N3O. The van der Waals surface area contributed by atoms with Gasteiger partial charge in [0, 0.05) is 24.2 Å². The first-order valence-corrected chi connectivity index (χ1v) is 9.29. The number of hydrogen-bond acceptors (Lipinski definition) is 3. The number of pyridine rings is 1. The highest BCUT2D eigenvalue weighted by Gasteiger charge is 2.39. The minimum Gasteiger partial charge on any atom is -0.483 e. The van der Waals surface area contributed by atoms with Crippen LogP contribution in [0.15, 0.2) is 30.5 Å². The molecule has 1 aromatic carbocycles. The molecule has 154 valence electrons. The number of nitrogens with zero attached hydrogens (tertiary/aromatic N) is 3. The number of aromatic nitrogens is 3. The highest BCUT2D eigenvalue weighted by Crippen LogP contribution is 2.39. The highest BCUT2D eigenvalue weighted by molar-refractivity contribution is 5.54. The molecule has 29 heavy (non-hydrogen) atoms. The molecule has 0 bridgehead atoms. The lowest BCUT2D eigenvalue weighted by Crippen LogP contribution is -2.18. The Labute approximate surface area is 163 Å². The van der Waals surface area contributed by atoms with E-state index >= 15 is 0 Å². The average Bonchev–Trinajstić information content (AvgIpc) is 3.01. The molecule has 9 heteroatoms. The van der Waals surface area contributed by atoms with Crippen molar-refractivity contribution in [2.75, 3.05) is 0 Å². The Bertz CT molecular complexity index is 1040. The summed E-state index contributed by atoms with van der Waals surface area (Å²) in [7, 11) is 0. The first-order chi connectivity index (χ1) is 13.7. The number of rotatable bonds is 5. The van der Waals surface area contributed by atoms with Crippen molar-refractivity contribution < 1.29 is 26.7 Å². The molecule has 2 aromatic heterocycles. The fourth-order valence-electron chi connectivity index (χ4n) is 3.57. The van der Waals surface area contributed by atoms with Crippen LogP contribution in [0.1, 0.15) is 49.2 Å². The third-order valence-corrected chi connectivity index (χ3v) is 5.30. The van der Waals surface area contributed by atoms with E-state index in [1.54, 1.807) is 0 Å². The van der Waals surface area contributed by atoms with Gasteiger partial charge in [0.2, 0.25) is 0 Å². The van der Waals surface area contributed by atoms with E-state index in [4.69, 9.17) is 4.74 Å². The smallest absolute Gasteiger partial charge is 0.420 e. The standard InChI is InChI=1S/C20H18F5N3O/c1-11(29-16-6-5-13(21)10-15(16)22)14-7-8-28-17(9-12-3-2-4-12)26-27-19(28)18(14)20(23,24)25/h5-8,10-12H,2-4,9H2,1H3/t11-/m1/s1. The van der Waals surface area contributed by atoms with Crippen LogP contribution in [0.2, 0.25) is 0 Å². The molecular weight excluding hydrogens is 393 g/mol. The molecule has 0 aliphatic heterocycles. The molecule has 1 aliphatic rings. The van der Waals surface area contributed by atoms with Gasteiger partial charge in [-0.15, -0.1) is 10.2 Å². The molecule has 1 saturated carbocycles. The Morgan fingerprint density at radius 2 is 1.93 bits per heavy atom. The van der Waals surface area contributed by atoms with Crippen LogP contribution in [0.25, 0.3) is 5.65 Å². The van der Waals surface area contributed by atoms with Gasteiger partial charge < -0.3 is 4.74 Å². The van der Waals surface area contributed by atoms with E-state index in [2.05, 4.69) is 10.2 Å². The van der Waals surface area contributed by atoms with Gasteiger partial charge in [-0.25, -0.2) is 8.78 Å². The van der Waals surface area contributed by atoms with Crippen molar-refractivity contribution >= 4 is 5.65 Å². The molecule has 1 atom stereocenters. The van der Waals surface area contributed by atoms with Crippen LogP contribution >= 0.6 is 0 Å². The summed E-state index contributed by atoms with van der Waals surface area (Å²) >= 11 is 0. The molecule has 0 unspecified atom stereocenters. The van der Waals surface area contributed by atoms with Gasteiger partial charge in [-0.3, -0.25) is 4.40 Å². The van der Waals surface area contributed by atoms with Gasteiger partial charge in [0.05, 0.1) is 0 Å². The summed E-state index contributed by atoms with van der Waals surface area (Å²) in [4.78, 5) is 0. The second-order valence-electron chi connectivity index (χ2n) is 7.29. The van der Waals surface area contributed by atoms with E-state index in [0.29, 0.717) is 24.2 Å². The van der Waals surface area contributed by atoms with E-state index in [0.717, 1.165) is 31.4 Å².